The zero-order valence-electron chi connectivity index (χ0n) is 32.3. The van der Waals surface area contributed by atoms with Gasteiger partial charge in [0.25, 0.3) is 0 Å². The van der Waals surface area contributed by atoms with Crippen molar-refractivity contribution < 1.29 is 59.4 Å². The maximum atomic E-state index is 10.3. The van der Waals surface area contributed by atoms with Crippen molar-refractivity contribution in [3.8, 4) is 0 Å². The molecule has 1 aromatic heterocycles. The summed E-state index contributed by atoms with van der Waals surface area (Å²) in [5.74, 6) is -5.83. The van der Waals surface area contributed by atoms with Gasteiger partial charge in [0.1, 0.15) is 30.2 Å². The Morgan fingerprint density at radius 1 is 0.614 bits per heavy atom. The van der Waals surface area contributed by atoms with Gasteiger partial charge < -0.3 is 92.1 Å². The second-order valence-corrected chi connectivity index (χ2v) is 12.1. The van der Waals surface area contributed by atoms with Gasteiger partial charge in [-0.05, 0) is 77.4 Å². The topological polar surface area (TPSA) is 509 Å². The van der Waals surface area contributed by atoms with Gasteiger partial charge in [-0.15, -0.1) is 0 Å². The predicted molar refractivity (Wildman–Crippen MR) is 210 cm³/mol. The van der Waals surface area contributed by atoms with Crippen LogP contribution in [0.5, 0.6) is 0 Å². The summed E-state index contributed by atoms with van der Waals surface area (Å²) in [6, 6.07) is -3.91. The Hall–Kier alpha value is -5.02. The van der Waals surface area contributed by atoms with Crippen molar-refractivity contribution in [1.29, 1.82) is 5.41 Å². The summed E-state index contributed by atoms with van der Waals surface area (Å²) < 4.78 is 0. The SMILES string of the molecule is N=C(N)NCCCCC(N)C(=O)O.NC(CCCCNCC(=O)O)C(=O)O.NC(Cc1c[nH]cn1)C(=O)O.NCCCC(N)C(=O)O.NCCCCC(N)C(=O)O. The largest absolute Gasteiger partial charge is 0.480 e. The van der Waals surface area contributed by atoms with E-state index in [1.165, 1.54) is 6.33 Å². The molecule has 0 radical (unpaired) electrons. The molecule has 0 saturated heterocycles. The standard InChI is InChI=1S/C8H16N2O4.C7H16N4O2.C6H9N3O2.C6H14N2O2.C5H12N2O2/c9-6(8(13)14)3-1-2-4-10-5-7(11)12;8-5(6(12)13)3-1-2-4-11-7(9)10;7-5(6(10)11)1-4-2-8-3-9-4;7-4-2-1-3-5(8)6(9)10;6-3-1-2-4(7)5(8)9/h6,10H,1-5,9H2,(H,11,12)(H,13,14);5H,1-4,8H2,(H,12,13)(H4,9,10,11);2-3,5H,1,7H2,(H,8,9)(H,10,11);5H,1-4,7-8H2,(H,9,10);4H,1-3,6-7H2,(H,8,9). The van der Waals surface area contributed by atoms with Crippen LogP contribution in [0.1, 0.15) is 76.3 Å². The van der Waals surface area contributed by atoms with Gasteiger partial charge in [-0.1, -0.05) is 12.8 Å². The third-order valence-electron chi connectivity index (χ3n) is 6.91. The summed E-state index contributed by atoms with van der Waals surface area (Å²) in [5, 5.41) is 62.3. The van der Waals surface area contributed by atoms with Crippen molar-refractivity contribution in [2.75, 3.05) is 32.7 Å². The van der Waals surface area contributed by atoms with Crippen LogP contribution in [-0.2, 0) is 35.2 Å². The Labute approximate surface area is 331 Å². The van der Waals surface area contributed by atoms with Crippen molar-refractivity contribution in [2.24, 2.45) is 45.9 Å². The maximum absolute atomic E-state index is 10.3. The number of hydrogen-bond donors (Lipinski definition) is 18. The average molecular weight is 826 g/mol. The number of nitrogens with one attached hydrogen (secondary N) is 4. The molecule has 0 aliphatic heterocycles. The summed E-state index contributed by atoms with van der Waals surface area (Å²) in [7, 11) is 0. The molecule has 0 aliphatic carbocycles. The molecule has 1 heterocycles. The number of hydrogen-bond acceptors (Lipinski definition) is 16. The molecule has 1 aromatic rings. The molecule has 0 saturated carbocycles. The van der Waals surface area contributed by atoms with E-state index >= 15 is 0 Å². The predicted octanol–water partition coefficient (Wildman–Crippen LogP) is -3.68. The van der Waals surface area contributed by atoms with Crippen LogP contribution in [0.25, 0.3) is 0 Å². The lowest BCUT2D eigenvalue weighted by molar-refractivity contribution is -0.139. The molecule has 26 N–H and O–H groups in total. The van der Waals surface area contributed by atoms with E-state index in [1.807, 2.05) is 0 Å². The van der Waals surface area contributed by atoms with Crippen molar-refractivity contribution in [3.63, 3.8) is 0 Å². The highest BCUT2D eigenvalue weighted by Crippen LogP contribution is 1.99. The maximum Gasteiger partial charge on any atom is 0.320 e. The Morgan fingerprint density at radius 3 is 1.33 bits per heavy atom. The zero-order chi connectivity index (χ0) is 44.8. The van der Waals surface area contributed by atoms with E-state index in [4.69, 9.17) is 81.9 Å². The lowest BCUT2D eigenvalue weighted by Gasteiger charge is -2.06. The van der Waals surface area contributed by atoms with Gasteiger partial charge in [-0.25, -0.2) is 4.98 Å². The zero-order valence-corrected chi connectivity index (χ0v) is 32.3. The highest BCUT2D eigenvalue weighted by atomic mass is 16.4. The number of aromatic nitrogens is 2. The minimum Gasteiger partial charge on any atom is -0.480 e. The summed E-state index contributed by atoms with van der Waals surface area (Å²) in [6.45, 7) is 2.19. The van der Waals surface area contributed by atoms with Crippen LogP contribution >= 0.6 is 0 Å². The number of carbonyl (C=O) groups is 6. The van der Waals surface area contributed by atoms with Crippen LogP contribution in [0, 0.1) is 5.41 Å². The first-order valence-electron chi connectivity index (χ1n) is 17.9. The molecule has 0 aliphatic rings. The Bertz CT molecular complexity index is 1230. The number of nitrogens with zero attached hydrogens (tertiary/aromatic N) is 1. The van der Waals surface area contributed by atoms with E-state index in [1.54, 1.807) is 6.20 Å². The van der Waals surface area contributed by atoms with Crippen molar-refractivity contribution in [3.05, 3.63) is 18.2 Å². The third-order valence-corrected chi connectivity index (χ3v) is 6.91. The second kappa shape index (κ2) is 39.2. The fourth-order valence-corrected chi connectivity index (χ4v) is 3.58. The normalized spacial score (nSPS) is 12.6. The molecule has 25 nitrogen and oxygen atoms in total. The van der Waals surface area contributed by atoms with Crippen LogP contribution < -0.4 is 56.5 Å². The molecule has 332 valence electrons. The Balaban J connectivity index is -0.000000311. The summed E-state index contributed by atoms with van der Waals surface area (Å²) in [6.07, 6.45) is 10.4. The van der Waals surface area contributed by atoms with E-state index in [0.717, 1.165) is 25.7 Å². The van der Waals surface area contributed by atoms with E-state index in [0.29, 0.717) is 76.8 Å². The number of H-pyrrole nitrogens is 1. The van der Waals surface area contributed by atoms with E-state index in [2.05, 4.69) is 20.6 Å². The van der Waals surface area contributed by atoms with Crippen LogP contribution in [-0.4, -0.2) is 145 Å². The number of nitrogens with two attached hydrogens (primary N) is 8. The lowest BCUT2D eigenvalue weighted by Crippen LogP contribution is -2.32. The number of carboxylic acids is 6. The molecular weight excluding hydrogens is 758 g/mol. The van der Waals surface area contributed by atoms with Crippen LogP contribution in [0.2, 0.25) is 0 Å². The van der Waals surface area contributed by atoms with Gasteiger partial charge in [0.05, 0.1) is 18.6 Å². The molecule has 0 bridgehead atoms. The second-order valence-electron chi connectivity index (χ2n) is 12.1. The summed E-state index contributed by atoms with van der Waals surface area (Å²) >= 11 is 0. The molecule has 5 atom stereocenters. The van der Waals surface area contributed by atoms with Crippen molar-refractivity contribution in [2.45, 2.75) is 107 Å². The quantitative estimate of drug-likeness (QED) is 0.0243. The molecule has 25 heteroatoms. The molecule has 57 heavy (non-hydrogen) atoms. The number of aromatic amines is 1. The van der Waals surface area contributed by atoms with Gasteiger partial charge in [-0.2, -0.15) is 0 Å². The number of unbranched alkanes of at least 4 members (excludes halogenated alkanes) is 3. The fraction of sp³-hybridized carbons (Fsp3) is 0.688. The molecular formula is C32H67N13O12. The smallest absolute Gasteiger partial charge is 0.320 e. The Kier molecular flexibility index (Phi) is 40.4. The van der Waals surface area contributed by atoms with Gasteiger partial charge in [0.15, 0.2) is 5.96 Å². The van der Waals surface area contributed by atoms with E-state index in [9.17, 15) is 28.8 Å². The number of guanidine groups is 1. The lowest BCUT2D eigenvalue weighted by atomic mass is 10.1. The molecule has 5 unspecified atom stereocenters. The third kappa shape index (κ3) is 45.3. The molecule has 1 rings (SSSR count). The van der Waals surface area contributed by atoms with Gasteiger partial charge in [0, 0.05) is 19.2 Å². The fourth-order valence-electron chi connectivity index (χ4n) is 3.58. The monoisotopic (exact) mass is 826 g/mol. The van der Waals surface area contributed by atoms with Gasteiger partial charge in [-0.3, -0.25) is 34.2 Å². The minimum absolute atomic E-state index is 0.0645. The van der Waals surface area contributed by atoms with Crippen LogP contribution in [0.3, 0.4) is 0 Å². The first kappa shape index (κ1) is 58.7. The van der Waals surface area contributed by atoms with E-state index in [-0.39, 0.29) is 18.9 Å². The minimum atomic E-state index is -1.01. The number of imidazole rings is 1. The molecule has 0 fully saturated rings. The van der Waals surface area contributed by atoms with Crippen LogP contribution in [0.15, 0.2) is 12.5 Å². The number of rotatable bonds is 26. The van der Waals surface area contributed by atoms with Crippen molar-refractivity contribution >= 4 is 41.8 Å². The van der Waals surface area contributed by atoms with Crippen molar-refractivity contribution in [1.82, 2.24) is 20.6 Å². The number of aliphatic carboxylic acids is 6. The molecule has 0 spiro atoms. The molecule has 0 aromatic carbocycles. The number of carboxylic acid groups (broad SMARTS) is 6. The first-order chi connectivity index (χ1) is 26.6. The average Bonchev–Trinajstić information content (AvgIpc) is 3.65. The van der Waals surface area contributed by atoms with Crippen LogP contribution in [0.4, 0.5) is 0 Å². The van der Waals surface area contributed by atoms with E-state index < -0.39 is 66.0 Å². The highest BCUT2D eigenvalue weighted by Gasteiger charge is 2.13. The van der Waals surface area contributed by atoms with Gasteiger partial charge in [0.2, 0.25) is 0 Å². The highest BCUT2D eigenvalue weighted by molar-refractivity contribution is 5.75. The molecule has 0 amide bonds. The first-order valence-corrected chi connectivity index (χ1v) is 17.9. The Morgan fingerprint density at radius 2 is 1.00 bits per heavy atom. The van der Waals surface area contributed by atoms with Gasteiger partial charge >= 0.3 is 35.8 Å². The summed E-state index contributed by atoms with van der Waals surface area (Å²) in [4.78, 5) is 67.6. The summed E-state index contributed by atoms with van der Waals surface area (Å²) in [5.41, 5.74) is 42.2.